The number of amidine groups is 1. The highest BCUT2D eigenvalue weighted by Crippen LogP contribution is 2.20. The van der Waals surface area contributed by atoms with E-state index in [0.717, 1.165) is 3.79 Å². The SMILES string of the molecule is CC(CC(N)=NO)NC(=O)c1csc(Br)c1. The number of oxime groups is 1. The van der Waals surface area contributed by atoms with Crippen LogP contribution in [0.2, 0.25) is 0 Å². The molecule has 4 N–H and O–H groups in total. The van der Waals surface area contributed by atoms with Gasteiger partial charge in [0.05, 0.1) is 9.35 Å². The Bertz CT molecular complexity index is 405. The molecule has 1 unspecified atom stereocenters. The molecule has 1 heterocycles. The number of carbonyl (C=O) groups is 1. The summed E-state index contributed by atoms with van der Waals surface area (Å²) in [6.45, 7) is 1.79. The molecule has 5 nitrogen and oxygen atoms in total. The molecule has 7 heteroatoms. The van der Waals surface area contributed by atoms with E-state index in [2.05, 4.69) is 26.4 Å². The van der Waals surface area contributed by atoms with Crippen molar-refractivity contribution in [1.29, 1.82) is 0 Å². The summed E-state index contributed by atoms with van der Waals surface area (Å²) in [5.41, 5.74) is 5.94. The summed E-state index contributed by atoms with van der Waals surface area (Å²) >= 11 is 4.73. The molecule has 1 aromatic heterocycles. The molecule has 16 heavy (non-hydrogen) atoms. The Morgan fingerprint density at radius 1 is 1.81 bits per heavy atom. The Morgan fingerprint density at radius 2 is 2.50 bits per heavy atom. The van der Waals surface area contributed by atoms with E-state index in [4.69, 9.17) is 10.9 Å². The normalized spacial score (nSPS) is 13.5. The molecule has 0 aliphatic rings. The van der Waals surface area contributed by atoms with E-state index in [0.29, 0.717) is 12.0 Å². The lowest BCUT2D eigenvalue weighted by Gasteiger charge is -2.11. The van der Waals surface area contributed by atoms with Crippen molar-refractivity contribution in [1.82, 2.24) is 5.32 Å². The Labute approximate surface area is 105 Å². The Hall–Kier alpha value is -1.08. The molecule has 1 rings (SSSR count). The summed E-state index contributed by atoms with van der Waals surface area (Å²) in [6.07, 6.45) is 0.313. The second-order valence-corrected chi connectivity index (χ2v) is 5.60. The third-order valence-electron chi connectivity index (χ3n) is 1.85. The monoisotopic (exact) mass is 305 g/mol. The predicted octanol–water partition coefficient (Wildman–Crippen LogP) is 1.77. The molecule has 0 saturated heterocycles. The maximum absolute atomic E-state index is 11.7. The average Bonchev–Trinajstić information content (AvgIpc) is 2.64. The van der Waals surface area contributed by atoms with Crippen LogP contribution in [0.4, 0.5) is 0 Å². The van der Waals surface area contributed by atoms with Crippen molar-refractivity contribution >= 4 is 39.0 Å². The zero-order valence-electron chi connectivity index (χ0n) is 8.61. The van der Waals surface area contributed by atoms with Crippen molar-refractivity contribution in [3.8, 4) is 0 Å². The molecule has 0 radical (unpaired) electrons. The van der Waals surface area contributed by atoms with E-state index in [1.807, 2.05) is 0 Å². The van der Waals surface area contributed by atoms with Crippen molar-refractivity contribution in [2.45, 2.75) is 19.4 Å². The number of halogens is 1. The van der Waals surface area contributed by atoms with Crippen LogP contribution in [0.5, 0.6) is 0 Å². The number of nitrogens with two attached hydrogens (primary N) is 1. The molecule has 1 atom stereocenters. The largest absolute Gasteiger partial charge is 0.409 e. The Balaban J connectivity index is 2.52. The van der Waals surface area contributed by atoms with E-state index < -0.39 is 0 Å². The van der Waals surface area contributed by atoms with Gasteiger partial charge in [-0.2, -0.15) is 0 Å². The van der Waals surface area contributed by atoms with E-state index in [1.54, 1.807) is 18.4 Å². The van der Waals surface area contributed by atoms with Gasteiger partial charge in [-0.25, -0.2) is 0 Å². The first-order chi connectivity index (χ1) is 7.52. The van der Waals surface area contributed by atoms with Crippen LogP contribution in [0, 0.1) is 0 Å². The first kappa shape index (κ1) is 13.0. The maximum Gasteiger partial charge on any atom is 0.252 e. The molecule has 1 aromatic rings. The summed E-state index contributed by atoms with van der Waals surface area (Å²) in [7, 11) is 0. The minimum Gasteiger partial charge on any atom is -0.409 e. The molecule has 0 saturated carbocycles. The van der Waals surface area contributed by atoms with Crippen molar-refractivity contribution < 1.29 is 10.0 Å². The van der Waals surface area contributed by atoms with Crippen LogP contribution >= 0.6 is 27.3 Å². The van der Waals surface area contributed by atoms with Crippen LogP contribution in [0.25, 0.3) is 0 Å². The van der Waals surface area contributed by atoms with Gasteiger partial charge < -0.3 is 16.3 Å². The van der Waals surface area contributed by atoms with E-state index in [9.17, 15) is 4.79 Å². The second kappa shape index (κ2) is 5.86. The van der Waals surface area contributed by atoms with Gasteiger partial charge in [0.2, 0.25) is 0 Å². The Kier molecular flexibility index (Phi) is 4.75. The summed E-state index contributed by atoms with van der Waals surface area (Å²) in [6, 6.07) is 1.57. The first-order valence-electron chi connectivity index (χ1n) is 4.54. The fraction of sp³-hybridized carbons (Fsp3) is 0.333. The maximum atomic E-state index is 11.7. The highest BCUT2D eigenvalue weighted by Gasteiger charge is 2.12. The van der Waals surface area contributed by atoms with Crippen LogP contribution in [0.3, 0.4) is 0 Å². The second-order valence-electron chi connectivity index (χ2n) is 3.31. The smallest absolute Gasteiger partial charge is 0.252 e. The van der Waals surface area contributed by atoms with Crippen LogP contribution in [-0.2, 0) is 0 Å². The number of thiophene rings is 1. The zero-order valence-corrected chi connectivity index (χ0v) is 11.0. The minimum atomic E-state index is -0.179. The zero-order chi connectivity index (χ0) is 12.1. The molecule has 1 amide bonds. The predicted molar refractivity (Wildman–Crippen MR) is 67.0 cm³/mol. The van der Waals surface area contributed by atoms with Crippen molar-refractivity contribution in [3.05, 3.63) is 20.8 Å². The lowest BCUT2D eigenvalue weighted by molar-refractivity contribution is 0.0941. The summed E-state index contributed by atoms with van der Waals surface area (Å²) in [5, 5.41) is 15.7. The number of amides is 1. The average molecular weight is 306 g/mol. The summed E-state index contributed by atoms with van der Waals surface area (Å²) in [4.78, 5) is 11.7. The molecular weight excluding hydrogens is 294 g/mol. The van der Waals surface area contributed by atoms with Crippen molar-refractivity contribution in [2.24, 2.45) is 10.9 Å². The van der Waals surface area contributed by atoms with E-state index >= 15 is 0 Å². The van der Waals surface area contributed by atoms with Crippen molar-refractivity contribution in [3.63, 3.8) is 0 Å². The third-order valence-corrected chi connectivity index (χ3v) is 3.36. The number of hydrogen-bond acceptors (Lipinski definition) is 4. The quantitative estimate of drug-likeness (QED) is 0.343. The standard InChI is InChI=1S/C9H12BrN3O2S/c1-5(2-8(11)13-15)12-9(14)6-3-7(10)16-4-6/h3-5,15H,2H2,1H3,(H2,11,13)(H,12,14). The summed E-state index contributed by atoms with van der Waals surface area (Å²) < 4.78 is 0.904. The lowest BCUT2D eigenvalue weighted by Crippen LogP contribution is -2.35. The van der Waals surface area contributed by atoms with E-state index in [-0.39, 0.29) is 17.8 Å². The number of nitrogens with zero attached hydrogens (tertiary/aromatic N) is 1. The van der Waals surface area contributed by atoms with Crippen LogP contribution in [-0.4, -0.2) is 23.0 Å². The molecular formula is C9H12BrN3O2S. The van der Waals surface area contributed by atoms with Gasteiger partial charge in [0.25, 0.3) is 5.91 Å². The van der Waals surface area contributed by atoms with Gasteiger partial charge in [-0.05, 0) is 28.9 Å². The number of nitrogens with one attached hydrogen (secondary N) is 1. The van der Waals surface area contributed by atoms with Gasteiger partial charge >= 0.3 is 0 Å². The van der Waals surface area contributed by atoms with Gasteiger partial charge in [0.1, 0.15) is 5.84 Å². The highest BCUT2D eigenvalue weighted by molar-refractivity contribution is 9.11. The topological polar surface area (TPSA) is 87.7 Å². The third kappa shape index (κ3) is 3.82. The van der Waals surface area contributed by atoms with Gasteiger partial charge in [0.15, 0.2) is 0 Å². The number of hydrogen-bond donors (Lipinski definition) is 3. The summed E-state index contributed by atoms with van der Waals surface area (Å²) in [5.74, 6) is -0.0699. The van der Waals surface area contributed by atoms with Crippen LogP contribution in [0.15, 0.2) is 20.4 Å². The van der Waals surface area contributed by atoms with Crippen LogP contribution < -0.4 is 11.1 Å². The Morgan fingerprint density at radius 3 is 3.00 bits per heavy atom. The van der Waals surface area contributed by atoms with Crippen LogP contribution in [0.1, 0.15) is 23.7 Å². The lowest BCUT2D eigenvalue weighted by atomic mass is 10.2. The molecule has 0 fully saturated rings. The number of rotatable bonds is 4. The van der Waals surface area contributed by atoms with E-state index in [1.165, 1.54) is 11.3 Å². The first-order valence-corrected chi connectivity index (χ1v) is 6.21. The highest BCUT2D eigenvalue weighted by atomic mass is 79.9. The molecule has 0 aliphatic carbocycles. The molecule has 0 spiro atoms. The molecule has 0 aromatic carbocycles. The molecule has 88 valence electrons. The fourth-order valence-electron chi connectivity index (χ4n) is 1.14. The molecule has 0 bridgehead atoms. The van der Waals surface area contributed by atoms with Crippen molar-refractivity contribution in [2.75, 3.05) is 0 Å². The minimum absolute atomic E-state index is 0.0966. The van der Waals surface area contributed by atoms with Gasteiger partial charge in [-0.3, -0.25) is 4.79 Å². The van der Waals surface area contributed by atoms with Gasteiger partial charge in [-0.1, -0.05) is 5.16 Å². The van der Waals surface area contributed by atoms with Gasteiger partial charge in [0, 0.05) is 17.8 Å². The van der Waals surface area contributed by atoms with Gasteiger partial charge in [-0.15, -0.1) is 11.3 Å². The number of carbonyl (C=O) groups excluding carboxylic acids is 1. The molecule has 0 aliphatic heterocycles. The fourth-order valence-corrected chi connectivity index (χ4v) is 2.28.